The van der Waals surface area contributed by atoms with Gasteiger partial charge in [-0.25, -0.2) is 4.98 Å². The van der Waals surface area contributed by atoms with Crippen LogP contribution < -0.4 is 15.1 Å². The summed E-state index contributed by atoms with van der Waals surface area (Å²) in [6, 6.07) is 18.6. The Morgan fingerprint density at radius 3 is 2.48 bits per heavy atom. The molecule has 0 aliphatic carbocycles. The Morgan fingerprint density at radius 1 is 1.03 bits per heavy atom. The van der Waals surface area contributed by atoms with E-state index >= 15 is 0 Å². The number of nitrogens with one attached hydrogen (secondary N) is 1. The highest BCUT2D eigenvalue weighted by atomic mass is 16.1. The minimum Gasteiger partial charge on any atom is -0.368 e. The number of nitrogens with zero attached hydrogens (tertiary/aromatic N) is 3. The van der Waals surface area contributed by atoms with E-state index in [1.165, 1.54) is 5.69 Å². The van der Waals surface area contributed by atoms with Crippen molar-refractivity contribution in [3.05, 3.63) is 66.4 Å². The summed E-state index contributed by atoms with van der Waals surface area (Å²) in [6.07, 6.45) is 2.78. The van der Waals surface area contributed by atoms with Crippen molar-refractivity contribution >= 4 is 28.2 Å². The lowest BCUT2D eigenvalue weighted by atomic mass is 10.1. The van der Waals surface area contributed by atoms with Gasteiger partial charge in [-0.3, -0.25) is 4.79 Å². The summed E-state index contributed by atoms with van der Waals surface area (Å²) in [4.78, 5) is 22.0. The van der Waals surface area contributed by atoms with Gasteiger partial charge in [0, 0.05) is 55.1 Å². The number of hydrogen-bond acceptors (Lipinski definition) is 4. The summed E-state index contributed by atoms with van der Waals surface area (Å²) in [5.41, 5.74) is 1.96. The largest absolute Gasteiger partial charge is 0.368 e. The molecule has 1 fully saturated rings. The third-order valence-electron chi connectivity index (χ3n) is 5.70. The van der Waals surface area contributed by atoms with Gasteiger partial charge in [0.25, 0.3) is 5.91 Å². The fourth-order valence-corrected chi connectivity index (χ4v) is 3.77. The number of amides is 1. The van der Waals surface area contributed by atoms with E-state index in [1.807, 2.05) is 37.4 Å². The Balaban J connectivity index is 1.56. The normalized spacial score (nSPS) is 15.4. The molecule has 0 spiro atoms. The Kier molecular flexibility index (Phi) is 5.65. The van der Waals surface area contributed by atoms with Crippen molar-refractivity contribution in [2.75, 3.05) is 36.0 Å². The highest BCUT2D eigenvalue weighted by molar-refractivity contribution is 6.01. The van der Waals surface area contributed by atoms with Crippen LogP contribution in [0.4, 0.5) is 11.5 Å². The molecule has 5 heteroatoms. The van der Waals surface area contributed by atoms with Crippen molar-refractivity contribution in [1.29, 1.82) is 0 Å². The molecule has 1 amide bonds. The molecule has 4 rings (SSSR count). The minimum atomic E-state index is -0.0232. The van der Waals surface area contributed by atoms with Crippen molar-refractivity contribution in [3.8, 4) is 0 Å². The molecule has 1 aromatic heterocycles. The maximum atomic E-state index is 12.6. The van der Waals surface area contributed by atoms with Gasteiger partial charge < -0.3 is 15.1 Å². The Morgan fingerprint density at radius 2 is 1.76 bits per heavy atom. The molecular weight excluding hydrogens is 360 g/mol. The number of carbonyl (C=O) groups is 1. The van der Waals surface area contributed by atoms with Crippen molar-refractivity contribution in [1.82, 2.24) is 10.3 Å². The number of carbonyl (C=O) groups excluding carboxylic acids is 1. The van der Waals surface area contributed by atoms with Gasteiger partial charge in [-0.05, 0) is 49.1 Å². The van der Waals surface area contributed by atoms with E-state index in [0.717, 1.165) is 49.2 Å². The minimum absolute atomic E-state index is 0.0232. The standard InChI is InChI=1S/C24H28N4O/c1-3-18(2)26-24(29)20-10-9-19-11-12-25-23(22(19)17-20)28-15-13-27(14-16-28)21-7-5-4-6-8-21/h4-12,17-18H,3,13-16H2,1-2H3,(H,26,29)/t18-/m0/s1. The number of para-hydroxylation sites is 1. The number of piperazine rings is 1. The molecule has 0 unspecified atom stereocenters. The van der Waals surface area contributed by atoms with E-state index in [-0.39, 0.29) is 11.9 Å². The smallest absolute Gasteiger partial charge is 0.251 e. The van der Waals surface area contributed by atoms with Crippen LogP contribution in [0, 0.1) is 0 Å². The van der Waals surface area contributed by atoms with Crippen LogP contribution in [0.5, 0.6) is 0 Å². The van der Waals surface area contributed by atoms with Crippen molar-refractivity contribution < 1.29 is 4.79 Å². The van der Waals surface area contributed by atoms with Crippen molar-refractivity contribution in [2.45, 2.75) is 26.3 Å². The molecule has 1 aliphatic rings. The molecular formula is C24H28N4O. The van der Waals surface area contributed by atoms with Gasteiger partial charge in [0.2, 0.25) is 0 Å². The summed E-state index contributed by atoms with van der Waals surface area (Å²) in [7, 11) is 0. The lowest BCUT2D eigenvalue weighted by Gasteiger charge is -2.37. The van der Waals surface area contributed by atoms with Gasteiger partial charge in [-0.1, -0.05) is 31.2 Å². The predicted octanol–water partition coefficient (Wildman–Crippen LogP) is 4.09. The van der Waals surface area contributed by atoms with E-state index < -0.39 is 0 Å². The molecule has 5 nitrogen and oxygen atoms in total. The molecule has 3 aromatic rings. The SMILES string of the molecule is CC[C@H](C)NC(=O)c1ccc2ccnc(N3CCN(c4ccccc4)CC3)c2c1. The quantitative estimate of drug-likeness (QED) is 0.715. The highest BCUT2D eigenvalue weighted by Crippen LogP contribution is 2.27. The molecule has 0 radical (unpaired) electrons. The fourth-order valence-electron chi connectivity index (χ4n) is 3.77. The molecule has 1 N–H and O–H groups in total. The summed E-state index contributed by atoms with van der Waals surface area (Å²) >= 11 is 0. The Labute approximate surface area is 172 Å². The third-order valence-corrected chi connectivity index (χ3v) is 5.70. The van der Waals surface area contributed by atoms with E-state index in [2.05, 4.69) is 57.4 Å². The molecule has 1 atom stereocenters. The van der Waals surface area contributed by atoms with Crippen LogP contribution in [0.2, 0.25) is 0 Å². The van der Waals surface area contributed by atoms with Gasteiger partial charge in [-0.2, -0.15) is 0 Å². The maximum Gasteiger partial charge on any atom is 0.251 e. The summed E-state index contributed by atoms with van der Waals surface area (Å²) in [5.74, 6) is 0.943. The molecule has 1 saturated heterocycles. The van der Waals surface area contributed by atoms with E-state index in [4.69, 9.17) is 0 Å². The van der Waals surface area contributed by atoms with Gasteiger partial charge >= 0.3 is 0 Å². The summed E-state index contributed by atoms with van der Waals surface area (Å²) in [5, 5.41) is 5.20. The average Bonchev–Trinajstić information content (AvgIpc) is 2.79. The number of anilines is 2. The first-order valence-corrected chi connectivity index (χ1v) is 10.4. The van der Waals surface area contributed by atoms with E-state index in [0.29, 0.717) is 5.56 Å². The van der Waals surface area contributed by atoms with Gasteiger partial charge in [0.1, 0.15) is 5.82 Å². The second-order valence-corrected chi connectivity index (χ2v) is 7.66. The van der Waals surface area contributed by atoms with Crippen molar-refractivity contribution in [2.24, 2.45) is 0 Å². The second kappa shape index (κ2) is 8.52. The maximum absolute atomic E-state index is 12.6. The van der Waals surface area contributed by atoms with Gasteiger partial charge in [0.15, 0.2) is 0 Å². The first-order chi connectivity index (χ1) is 14.2. The highest BCUT2D eigenvalue weighted by Gasteiger charge is 2.20. The molecule has 29 heavy (non-hydrogen) atoms. The zero-order valence-electron chi connectivity index (χ0n) is 17.1. The van der Waals surface area contributed by atoms with Crippen LogP contribution in [0.1, 0.15) is 30.6 Å². The second-order valence-electron chi connectivity index (χ2n) is 7.66. The number of fused-ring (bicyclic) bond motifs is 1. The zero-order chi connectivity index (χ0) is 20.2. The lowest BCUT2D eigenvalue weighted by molar-refractivity contribution is 0.0939. The Hall–Kier alpha value is -3.08. The summed E-state index contributed by atoms with van der Waals surface area (Å²) < 4.78 is 0. The van der Waals surface area contributed by atoms with Crippen LogP contribution in [0.15, 0.2) is 60.8 Å². The average molecular weight is 389 g/mol. The van der Waals surface area contributed by atoms with Crippen LogP contribution in [0.3, 0.4) is 0 Å². The monoisotopic (exact) mass is 388 g/mol. The van der Waals surface area contributed by atoms with E-state index in [9.17, 15) is 4.79 Å². The number of pyridine rings is 1. The molecule has 1 aliphatic heterocycles. The molecule has 150 valence electrons. The molecule has 0 bridgehead atoms. The number of aromatic nitrogens is 1. The van der Waals surface area contributed by atoms with Crippen LogP contribution in [0.25, 0.3) is 10.8 Å². The molecule has 2 heterocycles. The predicted molar refractivity (Wildman–Crippen MR) is 120 cm³/mol. The first-order valence-electron chi connectivity index (χ1n) is 10.4. The third kappa shape index (κ3) is 4.19. The Bertz CT molecular complexity index is 981. The number of rotatable bonds is 5. The van der Waals surface area contributed by atoms with Crippen LogP contribution in [-0.2, 0) is 0 Å². The first kappa shape index (κ1) is 19.2. The number of benzene rings is 2. The van der Waals surface area contributed by atoms with Gasteiger partial charge in [-0.15, -0.1) is 0 Å². The lowest BCUT2D eigenvalue weighted by Crippen LogP contribution is -2.46. The van der Waals surface area contributed by atoms with Gasteiger partial charge in [0.05, 0.1) is 0 Å². The topological polar surface area (TPSA) is 48.5 Å². The fraction of sp³-hybridized carbons (Fsp3) is 0.333. The van der Waals surface area contributed by atoms with Crippen LogP contribution in [-0.4, -0.2) is 43.1 Å². The molecule has 0 saturated carbocycles. The van der Waals surface area contributed by atoms with Crippen molar-refractivity contribution in [3.63, 3.8) is 0 Å². The zero-order valence-corrected chi connectivity index (χ0v) is 17.1. The summed E-state index contributed by atoms with van der Waals surface area (Å²) in [6.45, 7) is 7.82. The van der Waals surface area contributed by atoms with Crippen LogP contribution >= 0.6 is 0 Å². The number of hydrogen-bond donors (Lipinski definition) is 1. The molecule has 2 aromatic carbocycles. The van der Waals surface area contributed by atoms with E-state index in [1.54, 1.807) is 0 Å².